The van der Waals surface area contributed by atoms with Crippen molar-refractivity contribution in [2.75, 3.05) is 14.2 Å². The molecule has 0 bridgehead atoms. The molecule has 0 amide bonds. The van der Waals surface area contributed by atoms with Gasteiger partial charge in [0.25, 0.3) is 0 Å². The molecule has 0 aliphatic rings. The first kappa shape index (κ1) is 16.9. The Balaban J connectivity index is -0.000000138. The average Bonchev–Trinajstić information content (AvgIpc) is 2.12. The summed E-state index contributed by atoms with van der Waals surface area (Å²) in [6.07, 6.45) is 2.36. The quantitative estimate of drug-likeness (QED) is 0.620. The van der Waals surface area contributed by atoms with Gasteiger partial charge in [-0.05, 0) is 13.3 Å². The van der Waals surface area contributed by atoms with Gasteiger partial charge in [-0.3, -0.25) is 4.99 Å². The van der Waals surface area contributed by atoms with Crippen LogP contribution in [0.25, 0.3) is 0 Å². The topological polar surface area (TPSA) is 32.6 Å². The molecule has 70 valence electrons. The van der Waals surface area contributed by atoms with Crippen LogP contribution in [0.4, 0.5) is 0 Å². The van der Waals surface area contributed by atoms with E-state index in [1.54, 1.807) is 0 Å². The second-order valence-electron chi connectivity index (χ2n) is 1.71. The van der Waals surface area contributed by atoms with Crippen molar-refractivity contribution < 1.29 is 5.11 Å². The van der Waals surface area contributed by atoms with Crippen molar-refractivity contribution in [3.8, 4) is 0 Å². The maximum Gasteiger partial charge on any atom is 0.0319 e. The van der Waals surface area contributed by atoms with Crippen LogP contribution < -0.4 is 0 Å². The van der Waals surface area contributed by atoms with Crippen LogP contribution in [0.5, 0.6) is 0 Å². The minimum atomic E-state index is 1.00. The molecule has 0 unspecified atom stereocenters. The molecule has 1 N–H and O–H groups in total. The molecule has 11 heavy (non-hydrogen) atoms. The predicted octanol–water partition coefficient (Wildman–Crippen LogP) is 2.51. The van der Waals surface area contributed by atoms with E-state index in [1.165, 1.54) is 12.1 Å². The fourth-order valence-electron chi connectivity index (χ4n) is 0.474. The van der Waals surface area contributed by atoms with Gasteiger partial charge in [-0.2, -0.15) is 0 Å². The summed E-state index contributed by atoms with van der Waals surface area (Å²) in [5.74, 6) is 0. The number of hydrogen-bond acceptors (Lipinski definition) is 2. The number of rotatable bonds is 2. The Labute approximate surface area is 71.4 Å². The molecule has 0 aliphatic carbocycles. The summed E-state index contributed by atoms with van der Waals surface area (Å²) in [5.41, 5.74) is 1.25. The molecule has 0 fully saturated rings. The highest BCUT2D eigenvalue weighted by molar-refractivity contribution is 5.81. The van der Waals surface area contributed by atoms with Gasteiger partial charge in [-0.15, -0.1) is 0 Å². The molecular weight excluding hydrogens is 138 g/mol. The smallest absolute Gasteiger partial charge is 0.0319 e. The fourth-order valence-corrected chi connectivity index (χ4v) is 0.474. The van der Waals surface area contributed by atoms with Crippen LogP contribution in [0.15, 0.2) is 4.99 Å². The second-order valence-corrected chi connectivity index (χ2v) is 1.71. The van der Waals surface area contributed by atoms with Gasteiger partial charge in [0.2, 0.25) is 0 Å². The second kappa shape index (κ2) is 22.6. The first-order valence-electron chi connectivity index (χ1n) is 4.18. The lowest BCUT2D eigenvalue weighted by Gasteiger charge is -1.89. The van der Waals surface area contributed by atoms with Crippen molar-refractivity contribution >= 4 is 5.71 Å². The predicted molar refractivity (Wildman–Crippen MR) is 53.4 cm³/mol. The summed E-state index contributed by atoms with van der Waals surface area (Å²) in [6, 6.07) is 0. The lowest BCUT2D eigenvalue weighted by Crippen LogP contribution is -1.86. The molecule has 0 heterocycles. The van der Waals surface area contributed by atoms with Gasteiger partial charge in [0.1, 0.15) is 0 Å². The zero-order valence-electron chi connectivity index (χ0n) is 8.81. The average molecular weight is 161 g/mol. The molecule has 0 aromatic heterocycles. The first-order chi connectivity index (χ1) is 5.31. The Morgan fingerprint density at radius 3 is 1.73 bits per heavy atom. The number of nitrogens with zero attached hydrogens (tertiary/aromatic N) is 1. The maximum absolute atomic E-state index is 7.00. The Kier molecular flexibility index (Phi) is 34.8. The van der Waals surface area contributed by atoms with Crippen LogP contribution in [-0.4, -0.2) is 25.0 Å². The first-order valence-corrected chi connectivity index (χ1v) is 4.18. The molecule has 2 heteroatoms. The third-order valence-corrected chi connectivity index (χ3v) is 0.994. The third-order valence-electron chi connectivity index (χ3n) is 0.994. The van der Waals surface area contributed by atoms with E-state index in [2.05, 4.69) is 18.8 Å². The lowest BCUT2D eigenvalue weighted by molar-refractivity contribution is 0.399. The van der Waals surface area contributed by atoms with Crippen molar-refractivity contribution in [3.05, 3.63) is 0 Å². The number of aliphatic hydroxyl groups is 1. The minimum Gasteiger partial charge on any atom is -0.400 e. The van der Waals surface area contributed by atoms with Gasteiger partial charge < -0.3 is 5.11 Å². The fraction of sp³-hybridized carbons (Fsp3) is 0.889. The van der Waals surface area contributed by atoms with Crippen LogP contribution >= 0.6 is 0 Å². The zero-order chi connectivity index (χ0) is 9.70. The summed E-state index contributed by atoms with van der Waals surface area (Å²) in [7, 11) is 2.84. The van der Waals surface area contributed by atoms with Crippen molar-refractivity contribution in [1.29, 1.82) is 0 Å². The molecular formula is C9H23NO. The molecule has 0 rings (SSSR count). The van der Waals surface area contributed by atoms with Gasteiger partial charge in [0, 0.05) is 19.9 Å². The SMILES string of the molecule is CC.CCCC(C)=NC.CO. The molecule has 0 spiro atoms. The van der Waals surface area contributed by atoms with Crippen LogP contribution in [-0.2, 0) is 0 Å². The summed E-state index contributed by atoms with van der Waals surface area (Å²) >= 11 is 0. The van der Waals surface area contributed by atoms with Crippen molar-refractivity contribution in [2.45, 2.75) is 40.5 Å². The van der Waals surface area contributed by atoms with E-state index in [9.17, 15) is 0 Å². The summed E-state index contributed by atoms with van der Waals surface area (Å²) < 4.78 is 0. The van der Waals surface area contributed by atoms with Gasteiger partial charge in [0.05, 0.1) is 0 Å². The van der Waals surface area contributed by atoms with E-state index in [0.29, 0.717) is 0 Å². The largest absolute Gasteiger partial charge is 0.400 e. The van der Waals surface area contributed by atoms with Crippen LogP contribution in [0.3, 0.4) is 0 Å². The highest BCUT2D eigenvalue weighted by Crippen LogP contribution is 1.88. The molecule has 2 nitrogen and oxygen atoms in total. The van der Waals surface area contributed by atoms with Crippen molar-refractivity contribution in [2.24, 2.45) is 4.99 Å². The van der Waals surface area contributed by atoms with E-state index in [4.69, 9.17) is 5.11 Å². The zero-order valence-corrected chi connectivity index (χ0v) is 8.81. The van der Waals surface area contributed by atoms with E-state index < -0.39 is 0 Å². The summed E-state index contributed by atoms with van der Waals surface area (Å²) in [6.45, 7) is 8.22. The highest BCUT2D eigenvalue weighted by Gasteiger charge is 1.81. The normalized spacial score (nSPS) is 8.82. The minimum absolute atomic E-state index is 1.00. The Hall–Kier alpha value is -0.370. The number of hydrogen-bond donors (Lipinski definition) is 1. The number of aliphatic hydroxyl groups excluding tert-OH is 1. The molecule has 0 saturated carbocycles. The molecule has 0 atom stereocenters. The summed E-state index contributed by atoms with van der Waals surface area (Å²) in [4.78, 5) is 3.99. The van der Waals surface area contributed by atoms with E-state index in [-0.39, 0.29) is 0 Å². The monoisotopic (exact) mass is 161 g/mol. The van der Waals surface area contributed by atoms with Crippen LogP contribution in [0.1, 0.15) is 40.5 Å². The van der Waals surface area contributed by atoms with Crippen LogP contribution in [0.2, 0.25) is 0 Å². The third kappa shape index (κ3) is 26.2. The Morgan fingerprint density at radius 1 is 1.27 bits per heavy atom. The number of aliphatic imine (C=N–C) groups is 1. The Bertz CT molecular complexity index is 70.0. The molecule has 0 saturated heterocycles. The Morgan fingerprint density at radius 2 is 1.64 bits per heavy atom. The van der Waals surface area contributed by atoms with Gasteiger partial charge in [0.15, 0.2) is 0 Å². The molecule has 0 aromatic rings. The molecule has 0 aliphatic heterocycles. The van der Waals surface area contributed by atoms with Crippen molar-refractivity contribution in [1.82, 2.24) is 0 Å². The van der Waals surface area contributed by atoms with Gasteiger partial charge in [-0.25, -0.2) is 0 Å². The van der Waals surface area contributed by atoms with Crippen LogP contribution in [0, 0.1) is 0 Å². The summed E-state index contributed by atoms with van der Waals surface area (Å²) in [5, 5.41) is 7.00. The van der Waals surface area contributed by atoms with Gasteiger partial charge in [-0.1, -0.05) is 27.2 Å². The maximum atomic E-state index is 7.00. The highest BCUT2D eigenvalue weighted by atomic mass is 16.2. The van der Waals surface area contributed by atoms with E-state index >= 15 is 0 Å². The molecule has 0 aromatic carbocycles. The molecule has 0 radical (unpaired) electrons. The lowest BCUT2D eigenvalue weighted by atomic mass is 10.2. The van der Waals surface area contributed by atoms with Gasteiger partial charge >= 0.3 is 0 Å². The standard InChI is InChI=1S/C6H13N.C2H6.CH4O/c1-4-5-6(2)7-3;2*1-2/h4-5H2,1-3H3;1-2H3;2H,1H3. The van der Waals surface area contributed by atoms with E-state index in [0.717, 1.165) is 13.5 Å². The van der Waals surface area contributed by atoms with Crippen molar-refractivity contribution in [3.63, 3.8) is 0 Å². The van der Waals surface area contributed by atoms with E-state index in [1.807, 2.05) is 20.9 Å².